The lowest BCUT2D eigenvalue weighted by Crippen LogP contribution is -2.42. The molecule has 1 aromatic heterocycles. The van der Waals surface area contributed by atoms with Crippen molar-refractivity contribution in [2.75, 3.05) is 11.4 Å². The maximum atomic E-state index is 12.8. The molecule has 7 heteroatoms. The summed E-state index contributed by atoms with van der Waals surface area (Å²) in [7, 11) is 0. The minimum absolute atomic E-state index is 0.299. The molecule has 1 aliphatic rings. The van der Waals surface area contributed by atoms with Crippen molar-refractivity contribution in [3.05, 3.63) is 49.6 Å². The molecule has 0 radical (unpaired) electrons. The molecule has 0 aliphatic carbocycles. The van der Waals surface area contributed by atoms with Gasteiger partial charge in [0, 0.05) is 16.6 Å². The number of Topliss-reactive ketones (excluding diaryl/α,β-unsaturated/α-hetero) is 1. The van der Waals surface area contributed by atoms with Crippen molar-refractivity contribution < 1.29 is 14.7 Å². The standard InChI is InChI=1S/C17H15BrClNO3S/c1-2-7-20-12-4-3-10(18)8-11(12)17(23,16(20)22)9-13(21)14-5-6-15(19)24-14/h3-6,8,23H,2,7,9H2,1H3/t17-/m0/s1. The Labute approximate surface area is 157 Å². The SMILES string of the molecule is CCCN1C(=O)[C@](O)(CC(=O)c2ccc(Cl)s2)c2cc(Br)ccc21. The smallest absolute Gasteiger partial charge is 0.264 e. The Morgan fingerprint density at radius 2 is 2.12 bits per heavy atom. The number of aliphatic hydroxyl groups is 1. The van der Waals surface area contributed by atoms with Gasteiger partial charge in [0.15, 0.2) is 11.4 Å². The Bertz CT molecular complexity index is 822. The molecular weight excluding hydrogens is 414 g/mol. The molecule has 0 saturated carbocycles. The van der Waals surface area contributed by atoms with Crippen LogP contribution in [0.2, 0.25) is 4.34 Å². The van der Waals surface area contributed by atoms with Crippen molar-refractivity contribution in [3.63, 3.8) is 0 Å². The number of anilines is 1. The minimum atomic E-state index is -1.85. The van der Waals surface area contributed by atoms with E-state index in [0.29, 0.717) is 27.0 Å². The highest BCUT2D eigenvalue weighted by Crippen LogP contribution is 2.44. The van der Waals surface area contributed by atoms with Crippen molar-refractivity contribution in [3.8, 4) is 0 Å². The van der Waals surface area contributed by atoms with E-state index in [1.54, 1.807) is 29.2 Å². The number of nitrogens with zero attached hydrogens (tertiary/aromatic N) is 1. The number of rotatable bonds is 5. The van der Waals surface area contributed by atoms with Crippen LogP contribution in [0.3, 0.4) is 0 Å². The van der Waals surface area contributed by atoms with Crippen molar-refractivity contribution in [1.29, 1.82) is 0 Å². The second-order valence-corrected chi connectivity index (χ2v) is 8.31. The number of carbonyl (C=O) groups is 2. The third-order valence-electron chi connectivity index (χ3n) is 4.01. The van der Waals surface area contributed by atoms with Crippen LogP contribution in [-0.2, 0) is 10.4 Å². The van der Waals surface area contributed by atoms with E-state index in [0.717, 1.165) is 22.2 Å². The van der Waals surface area contributed by atoms with E-state index in [9.17, 15) is 14.7 Å². The van der Waals surface area contributed by atoms with Gasteiger partial charge >= 0.3 is 0 Å². The lowest BCUT2D eigenvalue weighted by atomic mass is 9.89. The van der Waals surface area contributed by atoms with E-state index in [2.05, 4.69) is 15.9 Å². The monoisotopic (exact) mass is 427 g/mol. The molecule has 2 aromatic rings. The molecule has 0 fully saturated rings. The molecular formula is C17H15BrClNO3S. The van der Waals surface area contributed by atoms with Gasteiger partial charge in [-0.25, -0.2) is 0 Å². The fourth-order valence-corrected chi connectivity index (χ4v) is 4.26. The van der Waals surface area contributed by atoms with Crippen LogP contribution in [0.15, 0.2) is 34.8 Å². The Hall–Kier alpha value is -1.21. The number of benzene rings is 1. The molecule has 0 bridgehead atoms. The molecule has 1 amide bonds. The molecule has 0 spiro atoms. The van der Waals surface area contributed by atoms with Crippen LogP contribution in [0.5, 0.6) is 0 Å². The Balaban J connectivity index is 2.01. The van der Waals surface area contributed by atoms with Crippen molar-refractivity contribution in [1.82, 2.24) is 0 Å². The van der Waals surface area contributed by atoms with Gasteiger partial charge in [0.05, 0.1) is 21.3 Å². The molecule has 126 valence electrons. The number of carbonyl (C=O) groups excluding carboxylic acids is 2. The normalized spacial score (nSPS) is 19.7. The van der Waals surface area contributed by atoms with Crippen LogP contribution < -0.4 is 4.90 Å². The fraction of sp³-hybridized carbons (Fsp3) is 0.294. The summed E-state index contributed by atoms with van der Waals surface area (Å²) in [4.78, 5) is 27.4. The van der Waals surface area contributed by atoms with Crippen LogP contribution in [-0.4, -0.2) is 23.3 Å². The average molecular weight is 429 g/mol. The van der Waals surface area contributed by atoms with E-state index < -0.39 is 11.5 Å². The number of ketones is 1. The van der Waals surface area contributed by atoms with E-state index in [-0.39, 0.29) is 12.2 Å². The highest BCUT2D eigenvalue weighted by Gasteiger charge is 2.50. The zero-order valence-electron chi connectivity index (χ0n) is 12.9. The molecule has 0 unspecified atom stereocenters. The van der Waals surface area contributed by atoms with Gasteiger partial charge < -0.3 is 10.0 Å². The van der Waals surface area contributed by atoms with Gasteiger partial charge in [0.25, 0.3) is 5.91 Å². The van der Waals surface area contributed by atoms with Gasteiger partial charge in [-0.05, 0) is 36.8 Å². The summed E-state index contributed by atoms with van der Waals surface area (Å²) >= 11 is 10.4. The highest BCUT2D eigenvalue weighted by molar-refractivity contribution is 9.10. The molecule has 2 heterocycles. The first-order chi connectivity index (χ1) is 11.4. The average Bonchev–Trinajstić information content (AvgIpc) is 3.05. The Morgan fingerprint density at radius 1 is 1.38 bits per heavy atom. The number of halogens is 2. The van der Waals surface area contributed by atoms with Crippen LogP contribution in [0.4, 0.5) is 5.69 Å². The summed E-state index contributed by atoms with van der Waals surface area (Å²) < 4.78 is 1.25. The zero-order chi connectivity index (χ0) is 17.5. The minimum Gasteiger partial charge on any atom is -0.375 e. The number of amides is 1. The first-order valence-electron chi connectivity index (χ1n) is 7.49. The number of hydrogen-bond acceptors (Lipinski definition) is 4. The summed E-state index contributed by atoms with van der Waals surface area (Å²) in [5.41, 5.74) is -0.724. The second kappa shape index (κ2) is 6.59. The topological polar surface area (TPSA) is 57.6 Å². The molecule has 1 atom stereocenters. The maximum Gasteiger partial charge on any atom is 0.264 e. The van der Waals surface area contributed by atoms with E-state index in [4.69, 9.17) is 11.6 Å². The second-order valence-electron chi connectivity index (χ2n) is 5.68. The van der Waals surface area contributed by atoms with Crippen LogP contribution in [0, 0.1) is 0 Å². The summed E-state index contributed by atoms with van der Waals surface area (Å²) in [6.07, 6.45) is 0.456. The molecule has 1 aromatic carbocycles. The third-order valence-corrected chi connectivity index (χ3v) is 5.77. The van der Waals surface area contributed by atoms with Crippen LogP contribution >= 0.6 is 38.9 Å². The van der Waals surface area contributed by atoms with Crippen LogP contribution in [0.1, 0.15) is 35.0 Å². The van der Waals surface area contributed by atoms with Gasteiger partial charge in [-0.2, -0.15) is 0 Å². The lowest BCUT2D eigenvalue weighted by Gasteiger charge is -2.22. The van der Waals surface area contributed by atoms with E-state index in [1.807, 2.05) is 13.0 Å². The first-order valence-corrected chi connectivity index (χ1v) is 9.48. The molecule has 1 aliphatic heterocycles. The third kappa shape index (κ3) is 2.92. The predicted octanol–water partition coefficient (Wildman–Crippen LogP) is 4.38. The predicted molar refractivity (Wildman–Crippen MR) is 99.0 cm³/mol. The summed E-state index contributed by atoms with van der Waals surface area (Å²) in [6, 6.07) is 8.56. The maximum absolute atomic E-state index is 12.8. The van der Waals surface area contributed by atoms with Gasteiger partial charge in [-0.3, -0.25) is 9.59 Å². The van der Waals surface area contributed by atoms with Crippen molar-refractivity contribution in [2.24, 2.45) is 0 Å². The summed E-state index contributed by atoms with van der Waals surface area (Å²) in [6.45, 7) is 2.46. The van der Waals surface area contributed by atoms with E-state index in [1.165, 1.54) is 0 Å². The molecule has 1 N–H and O–H groups in total. The van der Waals surface area contributed by atoms with Crippen molar-refractivity contribution >= 4 is 56.2 Å². The largest absolute Gasteiger partial charge is 0.375 e. The van der Waals surface area contributed by atoms with Gasteiger partial charge in [-0.1, -0.05) is 34.5 Å². The molecule has 3 rings (SSSR count). The van der Waals surface area contributed by atoms with Crippen molar-refractivity contribution in [2.45, 2.75) is 25.4 Å². The molecule has 24 heavy (non-hydrogen) atoms. The molecule has 4 nitrogen and oxygen atoms in total. The van der Waals surface area contributed by atoms with Gasteiger partial charge in [-0.15, -0.1) is 11.3 Å². The fourth-order valence-electron chi connectivity index (χ4n) is 2.92. The Kier molecular flexibility index (Phi) is 4.84. The lowest BCUT2D eigenvalue weighted by molar-refractivity contribution is -0.135. The van der Waals surface area contributed by atoms with Crippen LogP contribution in [0.25, 0.3) is 0 Å². The quantitative estimate of drug-likeness (QED) is 0.719. The van der Waals surface area contributed by atoms with Gasteiger partial charge in [0.2, 0.25) is 0 Å². The zero-order valence-corrected chi connectivity index (χ0v) is 16.0. The van der Waals surface area contributed by atoms with Gasteiger partial charge in [0.1, 0.15) is 0 Å². The summed E-state index contributed by atoms with van der Waals surface area (Å²) in [5.74, 6) is -0.750. The first kappa shape index (κ1) is 17.6. The summed E-state index contributed by atoms with van der Waals surface area (Å²) in [5, 5.41) is 11.1. The van der Waals surface area contributed by atoms with E-state index >= 15 is 0 Å². The number of hydrogen-bond donors (Lipinski definition) is 1. The highest BCUT2D eigenvalue weighted by atomic mass is 79.9. The molecule has 0 saturated heterocycles. The Morgan fingerprint density at radius 3 is 2.75 bits per heavy atom. The number of fused-ring (bicyclic) bond motifs is 1. The number of thiophene rings is 1.